The normalized spacial score (nSPS) is 18.1. The zero-order valence-corrected chi connectivity index (χ0v) is 12.9. The van der Waals surface area contributed by atoms with Gasteiger partial charge in [-0.25, -0.2) is 4.39 Å². The van der Waals surface area contributed by atoms with Crippen LogP contribution >= 0.6 is 27.5 Å². The number of amides is 1. The molecule has 0 heterocycles. The van der Waals surface area contributed by atoms with E-state index in [2.05, 4.69) is 21.2 Å². The molecule has 1 aliphatic carbocycles. The highest BCUT2D eigenvalue weighted by Crippen LogP contribution is 2.30. The smallest absolute Gasteiger partial charge is 0.254 e. The van der Waals surface area contributed by atoms with E-state index in [1.54, 1.807) is 0 Å². The van der Waals surface area contributed by atoms with Crippen molar-refractivity contribution in [2.75, 3.05) is 5.33 Å². The van der Waals surface area contributed by atoms with E-state index in [4.69, 9.17) is 11.6 Å². The average Bonchev–Trinajstić information content (AvgIpc) is 2.42. The Morgan fingerprint density at radius 3 is 2.68 bits per heavy atom. The molecule has 2 nitrogen and oxygen atoms in total. The molecule has 0 bridgehead atoms. The second-order valence-electron chi connectivity index (χ2n) is 5.05. The molecule has 0 spiro atoms. The number of carbonyl (C=O) groups excluding carboxylic acids is 1. The quantitative estimate of drug-likeness (QED) is 0.810. The first-order chi connectivity index (χ1) is 9.06. The second kappa shape index (κ2) is 6.23. The van der Waals surface area contributed by atoms with Gasteiger partial charge in [0.2, 0.25) is 0 Å². The van der Waals surface area contributed by atoms with Crippen LogP contribution in [0.1, 0.15) is 42.5 Å². The lowest BCUT2D eigenvalue weighted by Gasteiger charge is -2.36. The molecule has 1 amide bonds. The van der Waals surface area contributed by atoms with Crippen LogP contribution in [0.15, 0.2) is 18.2 Å². The Labute approximate surface area is 125 Å². The Bertz CT molecular complexity index is 475. The fourth-order valence-corrected chi connectivity index (χ4v) is 3.37. The minimum Gasteiger partial charge on any atom is -0.346 e. The Balaban J connectivity index is 2.17. The molecule has 1 saturated carbocycles. The highest BCUT2D eigenvalue weighted by Gasteiger charge is 2.33. The SMILES string of the molecule is O=C(NC1(CBr)CCCCC1)c1cc(Cl)ccc1F. The third-order valence-corrected chi connectivity index (χ3v) is 4.93. The summed E-state index contributed by atoms with van der Waals surface area (Å²) < 4.78 is 13.7. The van der Waals surface area contributed by atoms with Gasteiger partial charge in [-0.3, -0.25) is 4.79 Å². The monoisotopic (exact) mass is 347 g/mol. The summed E-state index contributed by atoms with van der Waals surface area (Å²) in [7, 11) is 0. The van der Waals surface area contributed by atoms with Gasteiger partial charge in [0.1, 0.15) is 5.82 Å². The topological polar surface area (TPSA) is 29.1 Å². The number of halogens is 3. The lowest BCUT2D eigenvalue weighted by atomic mass is 9.83. The lowest BCUT2D eigenvalue weighted by molar-refractivity contribution is 0.0882. The van der Waals surface area contributed by atoms with Crippen molar-refractivity contribution >= 4 is 33.4 Å². The first-order valence-corrected chi connectivity index (χ1v) is 7.90. The summed E-state index contributed by atoms with van der Waals surface area (Å²) in [6, 6.07) is 4.03. The van der Waals surface area contributed by atoms with Gasteiger partial charge in [0, 0.05) is 10.4 Å². The van der Waals surface area contributed by atoms with E-state index in [1.165, 1.54) is 24.6 Å². The Hall–Kier alpha value is -0.610. The van der Waals surface area contributed by atoms with Crippen molar-refractivity contribution in [2.24, 2.45) is 0 Å². The van der Waals surface area contributed by atoms with Crippen LogP contribution in [0.3, 0.4) is 0 Å². The molecule has 2 rings (SSSR count). The van der Waals surface area contributed by atoms with Crippen molar-refractivity contribution in [1.82, 2.24) is 5.32 Å². The van der Waals surface area contributed by atoms with Crippen LogP contribution in [-0.2, 0) is 0 Å². The highest BCUT2D eigenvalue weighted by molar-refractivity contribution is 9.09. The molecule has 0 atom stereocenters. The predicted octanol–water partition coefficient (Wildman–Crippen LogP) is 4.31. The van der Waals surface area contributed by atoms with Crippen LogP contribution < -0.4 is 5.32 Å². The highest BCUT2D eigenvalue weighted by atomic mass is 79.9. The molecule has 0 aromatic heterocycles. The Kier molecular flexibility index (Phi) is 4.85. The zero-order chi connectivity index (χ0) is 13.9. The molecule has 1 N–H and O–H groups in total. The number of hydrogen-bond acceptors (Lipinski definition) is 1. The minimum absolute atomic E-state index is 0.0124. The van der Waals surface area contributed by atoms with Crippen LogP contribution in [0.2, 0.25) is 5.02 Å². The van der Waals surface area contributed by atoms with Crippen molar-refractivity contribution in [3.05, 3.63) is 34.6 Å². The molecule has 104 valence electrons. The van der Waals surface area contributed by atoms with Gasteiger partial charge in [-0.05, 0) is 31.0 Å². The standard InChI is InChI=1S/C14H16BrClFNO/c15-9-14(6-2-1-3-7-14)18-13(19)11-8-10(16)4-5-12(11)17/h4-5,8H,1-3,6-7,9H2,(H,18,19). The number of rotatable bonds is 3. The molecule has 1 fully saturated rings. The first-order valence-electron chi connectivity index (χ1n) is 6.40. The van der Waals surface area contributed by atoms with Crippen LogP contribution in [0, 0.1) is 5.82 Å². The molecule has 5 heteroatoms. The van der Waals surface area contributed by atoms with Gasteiger partial charge in [-0.2, -0.15) is 0 Å². The van der Waals surface area contributed by atoms with Gasteiger partial charge in [-0.1, -0.05) is 46.8 Å². The van der Waals surface area contributed by atoms with E-state index in [9.17, 15) is 9.18 Å². The van der Waals surface area contributed by atoms with Crippen LogP contribution in [0.25, 0.3) is 0 Å². The number of benzene rings is 1. The van der Waals surface area contributed by atoms with E-state index >= 15 is 0 Å². The van der Waals surface area contributed by atoms with Crippen LogP contribution in [0.5, 0.6) is 0 Å². The number of alkyl halides is 1. The van der Waals surface area contributed by atoms with Crippen molar-refractivity contribution in [3.8, 4) is 0 Å². The molecule has 1 aromatic rings. The number of hydrogen-bond donors (Lipinski definition) is 1. The maximum atomic E-state index is 13.7. The largest absolute Gasteiger partial charge is 0.346 e. The van der Waals surface area contributed by atoms with Gasteiger partial charge in [0.15, 0.2) is 0 Å². The van der Waals surface area contributed by atoms with Crippen LogP contribution in [-0.4, -0.2) is 16.8 Å². The van der Waals surface area contributed by atoms with E-state index < -0.39 is 5.82 Å². The van der Waals surface area contributed by atoms with Crippen molar-refractivity contribution in [1.29, 1.82) is 0 Å². The predicted molar refractivity (Wildman–Crippen MR) is 78.5 cm³/mol. The van der Waals surface area contributed by atoms with Gasteiger partial charge in [0.25, 0.3) is 5.91 Å². The summed E-state index contributed by atoms with van der Waals surface area (Å²) in [4.78, 5) is 12.2. The minimum atomic E-state index is -0.539. The van der Waals surface area contributed by atoms with Crippen molar-refractivity contribution < 1.29 is 9.18 Å². The molecule has 0 radical (unpaired) electrons. The van der Waals surface area contributed by atoms with Gasteiger partial charge >= 0.3 is 0 Å². The first kappa shape index (κ1) is 14.8. The molecular formula is C14H16BrClFNO. The summed E-state index contributed by atoms with van der Waals surface area (Å²) in [5, 5.41) is 4.03. The van der Waals surface area contributed by atoms with Crippen molar-refractivity contribution in [2.45, 2.75) is 37.6 Å². The second-order valence-corrected chi connectivity index (χ2v) is 6.05. The molecule has 0 aliphatic heterocycles. The average molecular weight is 349 g/mol. The number of carbonyl (C=O) groups is 1. The van der Waals surface area contributed by atoms with E-state index in [0.717, 1.165) is 25.7 Å². The summed E-state index contributed by atoms with van der Waals surface area (Å²) >= 11 is 9.28. The fourth-order valence-electron chi connectivity index (χ4n) is 2.50. The maximum Gasteiger partial charge on any atom is 0.254 e. The lowest BCUT2D eigenvalue weighted by Crippen LogP contribution is -2.51. The molecule has 0 saturated heterocycles. The summed E-state index contributed by atoms with van der Waals surface area (Å²) in [5.74, 6) is -0.927. The zero-order valence-electron chi connectivity index (χ0n) is 10.5. The van der Waals surface area contributed by atoms with Gasteiger partial charge < -0.3 is 5.32 Å². The van der Waals surface area contributed by atoms with Crippen LogP contribution in [0.4, 0.5) is 4.39 Å². The third-order valence-electron chi connectivity index (χ3n) is 3.62. The Morgan fingerprint density at radius 1 is 1.37 bits per heavy atom. The molecule has 0 unspecified atom stereocenters. The summed E-state index contributed by atoms with van der Waals surface area (Å²) in [6.45, 7) is 0. The molecule has 1 aliphatic rings. The Morgan fingerprint density at radius 2 is 2.05 bits per heavy atom. The molecule has 19 heavy (non-hydrogen) atoms. The van der Waals surface area contributed by atoms with Crippen molar-refractivity contribution in [3.63, 3.8) is 0 Å². The van der Waals surface area contributed by atoms with Gasteiger partial charge in [0.05, 0.1) is 11.1 Å². The fraction of sp³-hybridized carbons (Fsp3) is 0.500. The van der Waals surface area contributed by atoms with E-state index in [-0.39, 0.29) is 17.0 Å². The third kappa shape index (κ3) is 3.48. The number of nitrogens with one attached hydrogen (secondary N) is 1. The van der Waals surface area contributed by atoms with Gasteiger partial charge in [-0.15, -0.1) is 0 Å². The summed E-state index contributed by atoms with van der Waals surface area (Å²) in [6.07, 6.45) is 5.21. The molecular weight excluding hydrogens is 333 g/mol. The maximum absolute atomic E-state index is 13.7. The summed E-state index contributed by atoms with van der Waals surface area (Å²) in [5.41, 5.74) is -0.247. The van der Waals surface area contributed by atoms with E-state index in [1.807, 2.05) is 0 Å². The molecule has 1 aromatic carbocycles. The van der Waals surface area contributed by atoms with E-state index in [0.29, 0.717) is 10.4 Å².